The van der Waals surface area contributed by atoms with Crippen LogP contribution in [0.2, 0.25) is 5.02 Å². The smallest absolute Gasteiger partial charge is 0.270 e. The average Bonchev–Trinajstić information content (AvgIpc) is 2.99. The van der Waals surface area contributed by atoms with Gasteiger partial charge in [0, 0.05) is 22.5 Å². The minimum atomic E-state index is -0.477. The van der Waals surface area contributed by atoms with Crippen molar-refractivity contribution in [2.75, 3.05) is 0 Å². The Morgan fingerprint density at radius 3 is 2.80 bits per heavy atom. The molecule has 1 aromatic heterocycles. The molecule has 0 atom stereocenters. The number of hydrogen-bond donors (Lipinski definition) is 1. The number of carbonyl (C=O) groups is 1. The number of nitro groups is 1. The molecule has 0 fully saturated rings. The highest BCUT2D eigenvalue weighted by atomic mass is 35.5. The molecule has 0 saturated carbocycles. The van der Waals surface area contributed by atoms with E-state index in [9.17, 15) is 14.9 Å². The Morgan fingerprint density at radius 2 is 2.08 bits per heavy atom. The Labute approximate surface area is 146 Å². The first-order valence-electron chi connectivity index (χ1n) is 7.20. The number of fused-ring (bicyclic) bond motifs is 1. The number of nitro benzene ring substituents is 1. The van der Waals surface area contributed by atoms with Crippen LogP contribution in [0.4, 0.5) is 5.69 Å². The van der Waals surface area contributed by atoms with Gasteiger partial charge in [0.1, 0.15) is 6.54 Å². The summed E-state index contributed by atoms with van der Waals surface area (Å²) in [6, 6.07) is 11.3. The van der Waals surface area contributed by atoms with E-state index in [4.69, 9.17) is 11.6 Å². The number of hydrogen-bond acceptors (Lipinski definition) is 5. The predicted octanol–water partition coefficient (Wildman–Crippen LogP) is 2.75. The number of carbonyl (C=O) groups excluding carboxylic acids is 1. The van der Waals surface area contributed by atoms with Crippen molar-refractivity contribution in [3.63, 3.8) is 0 Å². The standard InChI is InChI=1S/C16H12ClN5O3/c17-13-3-1-11(2-4-13)8-18-20-16(23)10-21-15-6-5-14(22(24)25)7-12(15)9-19-21/h1-9H,10H2,(H,20,23)/b18-8+. The first kappa shape index (κ1) is 16.6. The molecule has 3 aromatic rings. The lowest BCUT2D eigenvalue weighted by atomic mass is 10.2. The topological polar surface area (TPSA) is 102 Å². The molecule has 126 valence electrons. The number of hydrazone groups is 1. The molecule has 0 saturated heterocycles. The maximum atomic E-state index is 12.0. The number of benzene rings is 2. The van der Waals surface area contributed by atoms with Gasteiger partial charge in [0.25, 0.3) is 11.6 Å². The predicted molar refractivity (Wildman–Crippen MR) is 93.6 cm³/mol. The molecule has 0 spiro atoms. The summed E-state index contributed by atoms with van der Waals surface area (Å²) in [5, 5.41) is 19.9. The van der Waals surface area contributed by atoms with E-state index in [1.165, 1.54) is 29.2 Å². The van der Waals surface area contributed by atoms with Crippen LogP contribution in [-0.2, 0) is 11.3 Å². The summed E-state index contributed by atoms with van der Waals surface area (Å²) in [6.07, 6.45) is 2.98. The Kier molecular flexibility index (Phi) is 4.71. The second-order valence-corrected chi connectivity index (χ2v) is 5.58. The van der Waals surface area contributed by atoms with Crippen molar-refractivity contribution in [2.45, 2.75) is 6.54 Å². The minimum absolute atomic E-state index is 0.0240. The molecule has 0 aliphatic heterocycles. The number of aromatic nitrogens is 2. The van der Waals surface area contributed by atoms with Crippen LogP contribution in [0.3, 0.4) is 0 Å². The molecule has 1 heterocycles. The highest BCUT2D eigenvalue weighted by molar-refractivity contribution is 6.30. The van der Waals surface area contributed by atoms with Crippen molar-refractivity contribution in [1.82, 2.24) is 15.2 Å². The molecule has 8 nitrogen and oxygen atoms in total. The third kappa shape index (κ3) is 3.99. The van der Waals surface area contributed by atoms with Gasteiger partial charge in [-0.15, -0.1) is 0 Å². The molecule has 25 heavy (non-hydrogen) atoms. The van der Waals surface area contributed by atoms with Crippen molar-refractivity contribution < 1.29 is 9.72 Å². The highest BCUT2D eigenvalue weighted by Crippen LogP contribution is 2.20. The van der Waals surface area contributed by atoms with Gasteiger partial charge in [0.2, 0.25) is 0 Å². The lowest BCUT2D eigenvalue weighted by Crippen LogP contribution is -2.23. The van der Waals surface area contributed by atoms with Crippen LogP contribution in [0, 0.1) is 10.1 Å². The third-order valence-electron chi connectivity index (χ3n) is 3.40. The average molecular weight is 358 g/mol. The fraction of sp³-hybridized carbons (Fsp3) is 0.0625. The van der Waals surface area contributed by atoms with Gasteiger partial charge in [-0.1, -0.05) is 23.7 Å². The van der Waals surface area contributed by atoms with Crippen LogP contribution in [0.1, 0.15) is 5.56 Å². The zero-order chi connectivity index (χ0) is 17.8. The van der Waals surface area contributed by atoms with Gasteiger partial charge in [-0.3, -0.25) is 19.6 Å². The van der Waals surface area contributed by atoms with Crippen LogP contribution in [0.15, 0.2) is 53.8 Å². The molecule has 3 rings (SSSR count). The number of nitrogens with one attached hydrogen (secondary N) is 1. The normalized spacial score (nSPS) is 11.1. The number of amides is 1. The summed E-state index contributed by atoms with van der Waals surface area (Å²) in [6.45, 7) is -0.0563. The van der Waals surface area contributed by atoms with E-state index in [0.29, 0.717) is 15.9 Å². The maximum Gasteiger partial charge on any atom is 0.270 e. The molecule has 1 N–H and O–H groups in total. The van der Waals surface area contributed by atoms with Gasteiger partial charge in [-0.25, -0.2) is 5.43 Å². The van der Waals surface area contributed by atoms with Crippen molar-refractivity contribution in [3.8, 4) is 0 Å². The van der Waals surface area contributed by atoms with Crippen LogP contribution in [0.25, 0.3) is 10.9 Å². The summed E-state index contributed by atoms with van der Waals surface area (Å²) in [4.78, 5) is 22.3. The van der Waals surface area contributed by atoms with E-state index in [1.54, 1.807) is 30.3 Å². The molecule has 0 bridgehead atoms. The largest absolute Gasteiger partial charge is 0.271 e. The van der Waals surface area contributed by atoms with Crippen molar-refractivity contribution in [2.24, 2.45) is 5.10 Å². The van der Waals surface area contributed by atoms with Gasteiger partial charge in [0.15, 0.2) is 0 Å². The second kappa shape index (κ2) is 7.10. The SMILES string of the molecule is O=C(Cn1ncc2cc([N+](=O)[O-])ccc21)N/N=C/c1ccc(Cl)cc1. The van der Waals surface area contributed by atoms with Crippen LogP contribution >= 0.6 is 11.6 Å². The number of non-ortho nitro benzene ring substituents is 1. The van der Waals surface area contributed by atoms with Gasteiger partial charge in [0.05, 0.1) is 22.9 Å². The monoisotopic (exact) mass is 357 g/mol. The van der Waals surface area contributed by atoms with Crippen molar-refractivity contribution in [1.29, 1.82) is 0 Å². The molecule has 0 aliphatic rings. The minimum Gasteiger partial charge on any atom is -0.271 e. The van der Waals surface area contributed by atoms with Crippen LogP contribution < -0.4 is 5.43 Å². The summed E-state index contributed by atoms with van der Waals surface area (Å²) < 4.78 is 1.45. The Bertz CT molecular complexity index is 966. The van der Waals surface area contributed by atoms with Crippen molar-refractivity contribution >= 4 is 40.3 Å². The van der Waals surface area contributed by atoms with Crippen LogP contribution in [0.5, 0.6) is 0 Å². The molecular formula is C16H12ClN5O3. The maximum absolute atomic E-state index is 12.0. The first-order valence-corrected chi connectivity index (χ1v) is 7.58. The van der Waals surface area contributed by atoms with E-state index in [2.05, 4.69) is 15.6 Å². The summed E-state index contributed by atoms with van der Waals surface area (Å²) in [5.41, 5.74) is 3.80. The summed E-state index contributed by atoms with van der Waals surface area (Å²) in [7, 11) is 0. The van der Waals surface area contributed by atoms with Gasteiger partial charge < -0.3 is 0 Å². The Morgan fingerprint density at radius 1 is 1.32 bits per heavy atom. The first-order chi connectivity index (χ1) is 12.0. The molecule has 2 aromatic carbocycles. The van der Waals surface area contributed by atoms with Gasteiger partial charge in [-0.2, -0.15) is 10.2 Å². The van der Waals surface area contributed by atoms with Crippen LogP contribution in [-0.4, -0.2) is 26.8 Å². The Balaban J connectivity index is 1.65. The fourth-order valence-corrected chi connectivity index (χ4v) is 2.34. The molecule has 9 heteroatoms. The van der Waals surface area contributed by atoms with Crippen molar-refractivity contribution in [3.05, 3.63) is 69.4 Å². The highest BCUT2D eigenvalue weighted by Gasteiger charge is 2.11. The zero-order valence-electron chi connectivity index (χ0n) is 12.8. The molecule has 1 amide bonds. The lowest BCUT2D eigenvalue weighted by Gasteiger charge is -2.02. The van der Waals surface area contributed by atoms with E-state index in [-0.39, 0.29) is 18.1 Å². The van der Waals surface area contributed by atoms with E-state index >= 15 is 0 Å². The summed E-state index contributed by atoms with van der Waals surface area (Å²) in [5.74, 6) is -0.367. The number of rotatable bonds is 5. The second-order valence-electron chi connectivity index (χ2n) is 5.15. The molecule has 0 radical (unpaired) electrons. The zero-order valence-corrected chi connectivity index (χ0v) is 13.6. The van der Waals surface area contributed by atoms with Gasteiger partial charge >= 0.3 is 0 Å². The fourth-order valence-electron chi connectivity index (χ4n) is 2.21. The van der Waals surface area contributed by atoms with E-state index in [0.717, 1.165) is 5.56 Å². The number of halogens is 1. The molecular weight excluding hydrogens is 346 g/mol. The third-order valence-corrected chi connectivity index (χ3v) is 3.65. The molecule has 0 aliphatic carbocycles. The molecule has 0 unspecified atom stereocenters. The van der Waals surface area contributed by atoms with E-state index < -0.39 is 4.92 Å². The Hall–Kier alpha value is -3.26. The van der Waals surface area contributed by atoms with Gasteiger partial charge in [-0.05, 0) is 23.8 Å². The quantitative estimate of drug-likeness (QED) is 0.431. The lowest BCUT2D eigenvalue weighted by molar-refractivity contribution is -0.384. The van der Waals surface area contributed by atoms with E-state index in [1.807, 2.05) is 0 Å². The number of nitrogens with zero attached hydrogens (tertiary/aromatic N) is 4. The summed E-state index contributed by atoms with van der Waals surface area (Å²) >= 11 is 5.79.